The van der Waals surface area contributed by atoms with Crippen molar-refractivity contribution in [3.63, 3.8) is 0 Å². The molecule has 2 aromatic rings. The highest BCUT2D eigenvalue weighted by atomic mass is 16.5. The monoisotopic (exact) mass is 461 g/mol. The van der Waals surface area contributed by atoms with E-state index in [1.165, 1.54) is 9.80 Å². The van der Waals surface area contributed by atoms with E-state index in [2.05, 4.69) is 6.58 Å². The Morgan fingerprint density at radius 3 is 2.65 bits per heavy atom. The number of allylic oxidation sites excluding steroid dienone is 1. The summed E-state index contributed by atoms with van der Waals surface area (Å²) in [6.07, 6.45) is 3.54. The van der Waals surface area contributed by atoms with Gasteiger partial charge in [-0.15, -0.1) is 6.58 Å². The predicted molar refractivity (Wildman–Crippen MR) is 124 cm³/mol. The molecular formula is C26H27N3O5. The Balaban J connectivity index is 1.46. The molecule has 1 saturated carbocycles. The number of ether oxygens (including phenoxy) is 1. The van der Waals surface area contributed by atoms with Crippen LogP contribution in [0.25, 0.3) is 0 Å². The van der Waals surface area contributed by atoms with Crippen molar-refractivity contribution in [1.82, 2.24) is 9.47 Å². The highest BCUT2D eigenvalue weighted by molar-refractivity contribution is 6.16. The van der Waals surface area contributed by atoms with E-state index >= 15 is 0 Å². The Kier molecular flexibility index (Phi) is 5.19. The number of ketones is 1. The number of hydrogen-bond acceptors (Lipinski definition) is 5. The van der Waals surface area contributed by atoms with Gasteiger partial charge >= 0.3 is 5.97 Å². The Morgan fingerprint density at radius 2 is 1.94 bits per heavy atom. The summed E-state index contributed by atoms with van der Waals surface area (Å²) in [5.74, 6) is -1.58. The van der Waals surface area contributed by atoms with Gasteiger partial charge in [0.25, 0.3) is 5.91 Å². The summed E-state index contributed by atoms with van der Waals surface area (Å²) in [4.78, 5) is 56.1. The molecule has 2 amide bonds. The van der Waals surface area contributed by atoms with Crippen molar-refractivity contribution in [3.05, 3.63) is 65.5 Å². The predicted octanol–water partition coefficient (Wildman–Crippen LogP) is 3.16. The molecule has 1 aromatic carbocycles. The van der Waals surface area contributed by atoms with Crippen LogP contribution in [0.2, 0.25) is 0 Å². The van der Waals surface area contributed by atoms with Gasteiger partial charge in [-0.1, -0.05) is 18.2 Å². The van der Waals surface area contributed by atoms with Gasteiger partial charge in [0.05, 0.1) is 11.3 Å². The highest BCUT2D eigenvalue weighted by Gasteiger charge is 2.64. The number of para-hydroxylation sites is 1. The normalized spacial score (nSPS) is 21.4. The molecule has 1 unspecified atom stereocenters. The van der Waals surface area contributed by atoms with E-state index in [1.807, 2.05) is 18.4 Å². The third-order valence-electron chi connectivity index (χ3n) is 7.06. The topological polar surface area (TPSA) is 88.9 Å². The zero-order chi connectivity index (χ0) is 24.2. The smallest absolute Gasteiger partial charge is 0.354 e. The van der Waals surface area contributed by atoms with Gasteiger partial charge < -0.3 is 14.2 Å². The van der Waals surface area contributed by atoms with Crippen LogP contribution >= 0.6 is 0 Å². The first-order chi connectivity index (χ1) is 16.3. The number of amides is 2. The van der Waals surface area contributed by atoms with Crippen molar-refractivity contribution in [2.45, 2.75) is 57.8 Å². The van der Waals surface area contributed by atoms with Gasteiger partial charge in [-0.05, 0) is 44.9 Å². The van der Waals surface area contributed by atoms with Crippen LogP contribution in [0.3, 0.4) is 0 Å². The maximum atomic E-state index is 13.7. The second kappa shape index (κ2) is 7.97. The van der Waals surface area contributed by atoms with Crippen molar-refractivity contribution < 1.29 is 23.9 Å². The summed E-state index contributed by atoms with van der Waals surface area (Å²) in [5, 5.41) is 0. The quantitative estimate of drug-likeness (QED) is 0.359. The van der Waals surface area contributed by atoms with Crippen LogP contribution in [0.1, 0.15) is 57.8 Å². The van der Waals surface area contributed by atoms with Gasteiger partial charge in [0.1, 0.15) is 0 Å². The van der Waals surface area contributed by atoms with E-state index in [9.17, 15) is 19.2 Å². The minimum absolute atomic E-state index is 0.122. The second-order valence-corrected chi connectivity index (χ2v) is 9.15. The number of Topliss-reactive ketones (excluding diaryl/α,β-unsaturated/α-hetero) is 1. The molecule has 2 aliphatic heterocycles. The molecule has 1 saturated heterocycles. The van der Waals surface area contributed by atoms with Crippen molar-refractivity contribution in [3.8, 4) is 0 Å². The van der Waals surface area contributed by atoms with Crippen LogP contribution in [0, 0.1) is 13.8 Å². The summed E-state index contributed by atoms with van der Waals surface area (Å²) >= 11 is 0. The number of carbonyl (C=O) groups is 4. The zero-order valence-corrected chi connectivity index (χ0v) is 19.4. The van der Waals surface area contributed by atoms with Gasteiger partial charge in [0.2, 0.25) is 17.4 Å². The van der Waals surface area contributed by atoms with Crippen LogP contribution < -0.4 is 4.90 Å². The summed E-state index contributed by atoms with van der Waals surface area (Å²) < 4.78 is 7.54. The number of rotatable bonds is 7. The van der Waals surface area contributed by atoms with Crippen LogP contribution in [0.4, 0.5) is 5.69 Å². The lowest BCUT2D eigenvalue weighted by atomic mass is 9.96. The lowest BCUT2D eigenvalue weighted by Gasteiger charge is -2.48. The molecule has 2 fully saturated rings. The lowest BCUT2D eigenvalue weighted by Crippen LogP contribution is -2.69. The molecule has 8 heteroatoms. The molecule has 8 nitrogen and oxygen atoms in total. The molecular weight excluding hydrogens is 434 g/mol. The number of esters is 1. The first-order valence-electron chi connectivity index (χ1n) is 11.5. The molecule has 176 valence electrons. The lowest BCUT2D eigenvalue weighted by molar-refractivity contribution is -0.156. The molecule has 0 bridgehead atoms. The SMILES string of the molecule is C=CCn1c(C)cc(C(=O)COC(=O)C23CCC(=O)N2c2ccccc2C(=O)N3C2CC2)c1C. The molecule has 1 aromatic heterocycles. The molecule has 1 atom stereocenters. The number of fused-ring (bicyclic) bond motifs is 3. The fourth-order valence-electron chi connectivity index (χ4n) is 5.33. The maximum Gasteiger partial charge on any atom is 0.354 e. The number of carbonyl (C=O) groups excluding carboxylic acids is 4. The van der Waals surface area contributed by atoms with Gasteiger partial charge in [-0.2, -0.15) is 0 Å². The molecule has 5 rings (SSSR count). The van der Waals surface area contributed by atoms with E-state index in [1.54, 1.807) is 36.4 Å². The standard InChI is InChI=1S/C26H27N3O5/c1-4-13-27-16(2)14-20(17(27)3)22(30)15-34-25(33)26-12-11-23(31)29(26)21-8-6-5-7-19(21)24(32)28(26)18-9-10-18/h4-8,14,18H,1,9-13,15H2,2-3H3. The Bertz CT molecular complexity index is 1240. The maximum absolute atomic E-state index is 13.7. The third-order valence-corrected chi connectivity index (χ3v) is 7.06. The molecule has 3 heterocycles. The number of aryl methyl sites for hydroxylation is 1. The van der Waals surface area contributed by atoms with Crippen LogP contribution in [0.15, 0.2) is 43.0 Å². The van der Waals surface area contributed by atoms with Crippen molar-refractivity contribution in [2.24, 2.45) is 0 Å². The fraction of sp³-hybridized carbons (Fsp3) is 0.385. The number of benzene rings is 1. The molecule has 3 aliphatic rings. The van der Waals surface area contributed by atoms with E-state index in [0.717, 1.165) is 24.2 Å². The minimum Gasteiger partial charge on any atom is -0.454 e. The third kappa shape index (κ3) is 3.12. The van der Waals surface area contributed by atoms with Crippen LogP contribution in [-0.4, -0.2) is 51.3 Å². The molecule has 34 heavy (non-hydrogen) atoms. The number of aromatic nitrogens is 1. The Morgan fingerprint density at radius 1 is 1.21 bits per heavy atom. The average molecular weight is 462 g/mol. The largest absolute Gasteiger partial charge is 0.454 e. The highest BCUT2D eigenvalue weighted by Crippen LogP contribution is 2.49. The summed E-state index contributed by atoms with van der Waals surface area (Å²) in [6.45, 7) is 7.60. The van der Waals surface area contributed by atoms with E-state index in [-0.39, 0.29) is 36.5 Å². The Hall–Kier alpha value is -3.68. The number of hydrogen-bond donors (Lipinski definition) is 0. The summed E-state index contributed by atoms with van der Waals surface area (Å²) in [6, 6.07) is 8.49. The fourth-order valence-corrected chi connectivity index (χ4v) is 5.33. The number of nitrogens with zero attached hydrogens (tertiary/aromatic N) is 3. The second-order valence-electron chi connectivity index (χ2n) is 9.15. The van der Waals surface area contributed by atoms with Crippen LogP contribution in [-0.2, 0) is 20.9 Å². The van der Waals surface area contributed by atoms with Crippen molar-refractivity contribution in [2.75, 3.05) is 11.5 Å². The summed E-state index contributed by atoms with van der Waals surface area (Å²) in [7, 11) is 0. The van der Waals surface area contributed by atoms with E-state index in [0.29, 0.717) is 23.4 Å². The molecule has 1 aliphatic carbocycles. The van der Waals surface area contributed by atoms with E-state index in [4.69, 9.17) is 4.74 Å². The van der Waals surface area contributed by atoms with Crippen molar-refractivity contribution >= 4 is 29.3 Å². The molecule has 0 radical (unpaired) electrons. The first kappa shape index (κ1) is 22.1. The van der Waals surface area contributed by atoms with Gasteiger partial charge in [0, 0.05) is 42.4 Å². The summed E-state index contributed by atoms with van der Waals surface area (Å²) in [5.41, 5.74) is 1.43. The number of anilines is 1. The molecule has 0 spiro atoms. The first-order valence-corrected chi connectivity index (χ1v) is 11.5. The Labute approximate surface area is 197 Å². The van der Waals surface area contributed by atoms with Gasteiger partial charge in [-0.25, -0.2) is 4.79 Å². The van der Waals surface area contributed by atoms with Gasteiger partial charge in [-0.3, -0.25) is 19.3 Å². The van der Waals surface area contributed by atoms with E-state index < -0.39 is 18.2 Å². The average Bonchev–Trinajstić information content (AvgIpc) is 3.54. The van der Waals surface area contributed by atoms with Crippen molar-refractivity contribution in [1.29, 1.82) is 0 Å². The van der Waals surface area contributed by atoms with Crippen LogP contribution in [0.5, 0.6) is 0 Å². The van der Waals surface area contributed by atoms with Gasteiger partial charge in [0.15, 0.2) is 6.61 Å². The minimum atomic E-state index is -1.55. The zero-order valence-electron chi connectivity index (χ0n) is 19.4. The molecule has 0 N–H and O–H groups in total.